The predicted molar refractivity (Wildman–Crippen MR) is 48.6 cm³/mol. The first-order chi connectivity index (χ1) is 6.27. The van der Waals surface area contributed by atoms with E-state index < -0.39 is 0 Å². The van der Waals surface area contributed by atoms with Crippen LogP contribution in [0.15, 0.2) is 12.4 Å². The van der Waals surface area contributed by atoms with Crippen molar-refractivity contribution in [2.24, 2.45) is 0 Å². The fraction of sp³-hybridized carbons (Fsp3) is 0.556. The molecule has 1 aromatic heterocycles. The van der Waals surface area contributed by atoms with Gasteiger partial charge in [-0.3, -0.25) is 0 Å². The summed E-state index contributed by atoms with van der Waals surface area (Å²) >= 11 is 0. The molecule has 2 rings (SSSR count). The zero-order valence-electron chi connectivity index (χ0n) is 7.73. The van der Waals surface area contributed by atoms with Gasteiger partial charge in [-0.2, -0.15) is 9.78 Å². The summed E-state index contributed by atoms with van der Waals surface area (Å²) in [6.45, 7) is 3.68. The molecule has 0 N–H and O–H groups in total. The monoisotopic (exact) mass is 179 g/mol. The summed E-state index contributed by atoms with van der Waals surface area (Å²) in [5, 5.41) is 3.99. The molecule has 13 heavy (non-hydrogen) atoms. The molecule has 0 unspecified atom stereocenters. The maximum atomic E-state index is 11.7. The zero-order valence-corrected chi connectivity index (χ0v) is 7.73. The van der Waals surface area contributed by atoms with E-state index >= 15 is 0 Å². The number of amides is 1. The van der Waals surface area contributed by atoms with Crippen molar-refractivity contribution in [3.63, 3.8) is 0 Å². The molecule has 70 valence electrons. The number of nitrogens with zero attached hydrogens (tertiary/aromatic N) is 3. The molecule has 4 nitrogen and oxygen atoms in total. The summed E-state index contributed by atoms with van der Waals surface area (Å²) in [5.74, 6) is 0. The number of rotatable bonds is 0. The van der Waals surface area contributed by atoms with E-state index in [0.717, 1.165) is 31.5 Å². The number of aryl methyl sites for hydroxylation is 1. The smallest absolute Gasteiger partial charge is 0.323 e. The summed E-state index contributed by atoms with van der Waals surface area (Å²) in [6.07, 6.45) is 5.70. The minimum atomic E-state index is 0.00519. The normalized spacial score (nSPS) is 16.5. The molecule has 0 spiro atoms. The van der Waals surface area contributed by atoms with Gasteiger partial charge in [-0.25, -0.2) is 4.79 Å². The third kappa shape index (κ3) is 1.56. The molecule has 1 aliphatic rings. The van der Waals surface area contributed by atoms with Crippen LogP contribution >= 0.6 is 0 Å². The largest absolute Gasteiger partial charge is 0.344 e. The van der Waals surface area contributed by atoms with Crippen LogP contribution < -0.4 is 0 Å². The second kappa shape index (κ2) is 3.20. The Balaban J connectivity index is 2.12. The van der Waals surface area contributed by atoms with Crippen LogP contribution in [0.4, 0.5) is 4.79 Å². The first kappa shape index (κ1) is 8.29. The molecule has 0 aliphatic carbocycles. The van der Waals surface area contributed by atoms with E-state index in [9.17, 15) is 4.79 Å². The second-order valence-corrected chi connectivity index (χ2v) is 3.44. The summed E-state index contributed by atoms with van der Waals surface area (Å²) < 4.78 is 1.42. The van der Waals surface area contributed by atoms with Crippen LogP contribution in [0.25, 0.3) is 0 Å². The first-order valence-corrected chi connectivity index (χ1v) is 4.58. The van der Waals surface area contributed by atoms with Gasteiger partial charge in [0.2, 0.25) is 0 Å². The summed E-state index contributed by atoms with van der Waals surface area (Å²) in [7, 11) is 0. The minimum absolute atomic E-state index is 0.00519. The van der Waals surface area contributed by atoms with Gasteiger partial charge in [-0.05, 0) is 25.3 Å². The first-order valence-electron chi connectivity index (χ1n) is 4.58. The van der Waals surface area contributed by atoms with Crippen molar-refractivity contribution >= 4 is 6.03 Å². The number of hydrogen-bond acceptors (Lipinski definition) is 2. The summed E-state index contributed by atoms with van der Waals surface area (Å²) in [5.41, 5.74) is 1.02. The Hall–Kier alpha value is -1.32. The molecule has 0 atom stereocenters. The van der Waals surface area contributed by atoms with Crippen LogP contribution in [0.5, 0.6) is 0 Å². The molecule has 1 aliphatic heterocycles. The van der Waals surface area contributed by atoms with Crippen LogP contribution in [0.1, 0.15) is 18.4 Å². The lowest BCUT2D eigenvalue weighted by molar-refractivity contribution is 0.207. The Morgan fingerprint density at radius 2 is 2.15 bits per heavy atom. The quantitative estimate of drug-likeness (QED) is 0.601. The van der Waals surface area contributed by atoms with Crippen molar-refractivity contribution in [1.29, 1.82) is 0 Å². The van der Waals surface area contributed by atoms with E-state index in [1.807, 2.05) is 11.8 Å². The van der Waals surface area contributed by atoms with Crippen LogP contribution in [0, 0.1) is 6.92 Å². The Morgan fingerprint density at radius 3 is 2.69 bits per heavy atom. The second-order valence-electron chi connectivity index (χ2n) is 3.44. The molecule has 4 heteroatoms. The maximum Gasteiger partial charge on any atom is 0.344 e. The van der Waals surface area contributed by atoms with Crippen LogP contribution in [-0.2, 0) is 0 Å². The van der Waals surface area contributed by atoms with E-state index in [-0.39, 0.29) is 6.03 Å². The number of carbonyl (C=O) groups excluding carboxylic acids is 1. The van der Waals surface area contributed by atoms with Gasteiger partial charge in [-0.1, -0.05) is 0 Å². The fourth-order valence-corrected chi connectivity index (χ4v) is 1.57. The number of carbonyl (C=O) groups is 1. The Kier molecular flexibility index (Phi) is 2.04. The van der Waals surface area contributed by atoms with Gasteiger partial charge >= 0.3 is 6.03 Å². The molecule has 1 aromatic rings. The average molecular weight is 179 g/mol. The predicted octanol–water partition coefficient (Wildman–Crippen LogP) is 1.26. The third-order valence-corrected chi connectivity index (χ3v) is 2.28. The third-order valence-electron chi connectivity index (χ3n) is 2.28. The van der Waals surface area contributed by atoms with Gasteiger partial charge in [-0.15, -0.1) is 0 Å². The highest BCUT2D eigenvalue weighted by Crippen LogP contribution is 2.09. The number of aromatic nitrogens is 2. The van der Waals surface area contributed by atoms with Gasteiger partial charge in [0.25, 0.3) is 0 Å². The molecule has 0 saturated carbocycles. The van der Waals surface area contributed by atoms with Crippen molar-refractivity contribution in [3.8, 4) is 0 Å². The molecule has 1 saturated heterocycles. The number of hydrogen-bond donors (Lipinski definition) is 0. The SMILES string of the molecule is Cc1cnn(C(=O)N2CCCC2)c1. The molecule has 0 aromatic carbocycles. The number of likely N-dealkylation sites (tertiary alicyclic amines) is 1. The molecule has 0 radical (unpaired) electrons. The van der Waals surface area contributed by atoms with E-state index in [4.69, 9.17) is 0 Å². The maximum absolute atomic E-state index is 11.7. The lowest BCUT2D eigenvalue weighted by Crippen LogP contribution is -2.32. The lowest BCUT2D eigenvalue weighted by Gasteiger charge is -2.13. The van der Waals surface area contributed by atoms with Crippen molar-refractivity contribution in [2.45, 2.75) is 19.8 Å². The van der Waals surface area contributed by atoms with E-state index in [1.54, 1.807) is 12.4 Å². The van der Waals surface area contributed by atoms with Gasteiger partial charge in [0.1, 0.15) is 0 Å². The zero-order chi connectivity index (χ0) is 9.26. The van der Waals surface area contributed by atoms with E-state index in [0.29, 0.717) is 0 Å². The highest BCUT2D eigenvalue weighted by atomic mass is 16.2. The van der Waals surface area contributed by atoms with Crippen molar-refractivity contribution in [1.82, 2.24) is 14.7 Å². The average Bonchev–Trinajstić information content (AvgIpc) is 2.72. The van der Waals surface area contributed by atoms with E-state index in [2.05, 4.69) is 5.10 Å². The lowest BCUT2D eigenvalue weighted by atomic mass is 10.4. The van der Waals surface area contributed by atoms with Crippen molar-refractivity contribution in [2.75, 3.05) is 13.1 Å². The fourth-order valence-electron chi connectivity index (χ4n) is 1.57. The Labute approximate surface area is 77.1 Å². The van der Waals surface area contributed by atoms with Crippen molar-refractivity contribution in [3.05, 3.63) is 18.0 Å². The Morgan fingerprint density at radius 1 is 1.46 bits per heavy atom. The minimum Gasteiger partial charge on any atom is -0.323 e. The topological polar surface area (TPSA) is 38.1 Å². The summed E-state index contributed by atoms with van der Waals surface area (Å²) in [6, 6.07) is 0.00519. The summed E-state index contributed by atoms with van der Waals surface area (Å²) in [4.78, 5) is 13.5. The molecular formula is C9H13N3O. The van der Waals surface area contributed by atoms with Gasteiger partial charge in [0.05, 0.1) is 6.20 Å². The molecule has 2 heterocycles. The van der Waals surface area contributed by atoms with Crippen LogP contribution in [0.3, 0.4) is 0 Å². The standard InChI is InChI=1S/C9H13N3O/c1-8-6-10-12(7-8)9(13)11-4-2-3-5-11/h6-7H,2-5H2,1H3. The molecular weight excluding hydrogens is 166 g/mol. The van der Waals surface area contributed by atoms with Crippen LogP contribution in [0.2, 0.25) is 0 Å². The highest BCUT2D eigenvalue weighted by molar-refractivity contribution is 5.76. The van der Waals surface area contributed by atoms with Gasteiger partial charge in [0.15, 0.2) is 0 Å². The molecule has 1 fully saturated rings. The van der Waals surface area contributed by atoms with E-state index in [1.165, 1.54) is 4.68 Å². The van der Waals surface area contributed by atoms with Gasteiger partial charge in [0, 0.05) is 19.3 Å². The van der Waals surface area contributed by atoms with Gasteiger partial charge < -0.3 is 4.90 Å². The molecule has 0 bridgehead atoms. The van der Waals surface area contributed by atoms with Crippen molar-refractivity contribution < 1.29 is 4.79 Å². The highest BCUT2D eigenvalue weighted by Gasteiger charge is 2.19. The van der Waals surface area contributed by atoms with Crippen LogP contribution in [-0.4, -0.2) is 33.8 Å². The Bertz CT molecular complexity index is 312. The molecule has 1 amide bonds.